The normalized spacial score (nSPS) is 16.7. The highest BCUT2D eigenvalue weighted by molar-refractivity contribution is 7.88. The summed E-state index contributed by atoms with van der Waals surface area (Å²) < 4.78 is 45.4. The highest BCUT2D eigenvalue weighted by Gasteiger charge is 2.29. The van der Waals surface area contributed by atoms with Gasteiger partial charge in [0.1, 0.15) is 17.7 Å². The van der Waals surface area contributed by atoms with Crippen LogP contribution in [0.4, 0.5) is 4.39 Å². The summed E-state index contributed by atoms with van der Waals surface area (Å²) >= 11 is 0. The van der Waals surface area contributed by atoms with Crippen LogP contribution >= 0.6 is 0 Å². The van der Waals surface area contributed by atoms with Crippen molar-refractivity contribution in [1.82, 2.24) is 4.31 Å². The fourth-order valence-corrected chi connectivity index (χ4v) is 4.48. The van der Waals surface area contributed by atoms with Crippen molar-refractivity contribution in [2.24, 2.45) is 0 Å². The van der Waals surface area contributed by atoms with E-state index in [1.54, 1.807) is 12.1 Å². The molecule has 3 rings (SSSR count). The Morgan fingerprint density at radius 2 is 1.64 bits per heavy atom. The fraction of sp³-hybridized carbons (Fsp3) is 0.368. The van der Waals surface area contributed by atoms with Crippen molar-refractivity contribution >= 4 is 10.0 Å². The summed E-state index contributed by atoms with van der Waals surface area (Å²) in [6.07, 6.45) is 1.21. The quantitative estimate of drug-likeness (QED) is 0.817. The second-order valence-electron chi connectivity index (χ2n) is 6.41. The highest BCUT2D eigenvalue weighted by Crippen LogP contribution is 2.22. The van der Waals surface area contributed by atoms with E-state index >= 15 is 0 Å². The minimum absolute atomic E-state index is 0.0246. The molecule has 0 bridgehead atoms. The van der Waals surface area contributed by atoms with Gasteiger partial charge in [0.2, 0.25) is 10.0 Å². The van der Waals surface area contributed by atoms with Gasteiger partial charge in [0, 0.05) is 13.1 Å². The summed E-state index contributed by atoms with van der Waals surface area (Å²) in [6, 6.07) is 13.5. The predicted molar refractivity (Wildman–Crippen MR) is 95.4 cm³/mol. The minimum Gasteiger partial charge on any atom is -0.490 e. The summed E-state index contributed by atoms with van der Waals surface area (Å²) in [5, 5.41) is 0. The lowest BCUT2D eigenvalue weighted by Crippen LogP contribution is -2.42. The lowest BCUT2D eigenvalue weighted by Gasteiger charge is -2.31. The van der Waals surface area contributed by atoms with E-state index in [0.717, 1.165) is 11.1 Å². The first-order valence-electron chi connectivity index (χ1n) is 8.38. The molecule has 0 amide bonds. The van der Waals surface area contributed by atoms with Crippen LogP contribution in [0, 0.1) is 12.7 Å². The zero-order valence-corrected chi connectivity index (χ0v) is 15.0. The van der Waals surface area contributed by atoms with E-state index in [-0.39, 0.29) is 17.7 Å². The first-order chi connectivity index (χ1) is 11.9. The van der Waals surface area contributed by atoms with Gasteiger partial charge in [0.05, 0.1) is 5.75 Å². The minimum atomic E-state index is -3.32. The van der Waals surface area contributed by atoms with Gasteiger partial charge in [0.25, 0.3) is 0 Å². The Morgan fingerprint density at radius 1 is 1.04 bits per heavy atom. The van der Waals surface area contributed by atoms with Crippen molar-refractivity contribution in [2.45, 2.75) is 31.6 Å². The molecule has 1 fully saturated rings. The number of benzene rings is 2. The summed E-state index contributed by atoms with van der Waals surface area (Å²) in [7, 11) is -3.32. The Balaban J connectivity index is 1.55. The van der Waals surface area contributed by atoms with Crippen molar-refractivity contribution in [1.29, 1.82) is 0 Å². The van der Waals surface area contributed by atoms with Gasteiger partial charge in [0.15, 0.2) is 0 Å². The van der Waals surface area contributed by atoms with Gasteiger partial charge in [-0.25, -0.2) is 17.1 Å². The summed E-state index contributed by atoms with van der Waals surface area (Å²) in [5.74, 6) is 0.336. The summed E-state index contributed by atoms with van der Waals surface area (Å²) in [4.78, 5) is 0. The monoisotopic (exact) mass is 363 g/mol. The number of halogens is 1. The van der Waals surface area contributed by atoms with Gasteiger partial charge >= 0.3 is 0 Å². The molecular weight excluding hydrogens is 341 g/mol. The summed E-state index contributed by atoms with van der Waals surface area (Å²) in [5.41, 5.74) is 1.91. The summed E-state index contributed by atoms with van der Waals surface area (Å²) in [6.45, 7) is 2.87. The molecule has 6 heteroatoms. The van der Waals surface area contributed by atoms with E-state index in [2.05, 4.69) is 0 Å². The van der Waals surface area contributed by atoms with Crippen molar-refractivity contribution in [3.8, 4) is 5.75 Å². The van der Waals surface area contributed by atoms with Gasteiger partial charge < -0.3 is 4.74 Å². The van der Waals surface area contributed by atoms with Crippen LogP contribution in [0.25, 0.3) is 0 Å². The lowest BCUT2D eigenvalue weighted by atomic mass is 10.1. The predicted octanol–water partition coefficient (Wildman–Crippen LogP) is 3.51. The van der Waals surface area contributed by atoms with E-state index in [4.69, 9.17) is 4.74 Å². The Bertz CT molecular complexity index is 796. The van der Waals surface area contributed by atoms with Gasteiger partial charge in [-0.2, -0.15) is 0 Å². The number of piperidine rings is 1. The van der Waals surface area contributed by atoms with Crippen LogP contribution in [0.2, 0.25) is 0 Å². The first-order valence-corrected chi connectivity index (χ1v) is 9.99. The number of ether oxygens (including phenoxy) is 1. The standard InChI is InChI=1S/C19H22FNO3S/c1-15-2-4-16(5-3-15)14-25(22,23)21-12-10-19(11-13-21)24-18-8-6-17(20)7-9-18/h2-9,19H,10-14H2,1H3. The molecule has 2 aromatic rings. The molecule has 134 valence electrons. The van der Waals surface area contributed by atoms with E-state index in [1.807, 2.05) is 31.2 Å². The third-order valence-electron chi connectivity index (χ3n) is 4.38. The van der Waals surface area contributed by atoms with E-state index < -0.39 is 10.0 Å². The maximum absolute atomic E-state index is 12.9. The molecule has 25 heavy (non-hydrogen) atoms. The number of nitrogens with zero attached hydrogens (tertiary/aromatic N) is 1. The van der Waals surface area contributed by atoms with Crippen molar-refractivity contribution < 1.29 is 17.5 Å². The van der Waals surface area contributed by atoms with Crippen LogP contribution in [-0.4, -0.2) is 31.9 Å². The largest absolute Gasteiger partial charge is 0.490 e. The zero-order chi connectivity index (χ0) is 17.9. The molecule has 2 aromatic carbocycles. The average molecular weight is 363 g/mol. The molecule has 0 saturated carbocycles. The third-order valence-corrected chi connectivity index (χ3v) is 6.23. The van der Waals surface area contributed by atoms with Crippen LogP contribution in [0.15, 0.2) is 48.5 Å². The molecule has 0 aromatic heterocycles. The number of rotatable bonds is 5. The number of sulfonamides is 1. The van der Waals surface area contributed by atoms with Gasteiger partial charge in [-0.15, -0.1) is 0 Å². The van der Waals surface area contributed by atoms with Gasteiger partial charge in [-0.1, -0.05) is 29.8 Å². The number of hydrogen-bond donors (Lipinski definition) is 0. The maximum Gasteiger partial charge on any atom is 0.218 e. The van der Waals surface area contributed by atoms with E-state index in [1.165, 1.54) is 16.4 Å². The maximum atomic E-state index is 12.9. The van der Waals surface area contributed by atoms with Crippen molar-refractivity contribution in [3.05, 3.63) is 65.5 Å². The first kappa shape index (κ1) is 17.9. The lowest BCUT2D eigenvalue weighted by molar-refractivity contribution is 0.135. The number of aryl methyl sites for hydroxylation is 1. The Hall–Kier alpha value is -1.92. The molecule has 0 radical (unpaired) electrons. The Kier molecular flexibility index (Phi) is 5.39. The second-order valence-corrected chi connectivity index (χ2v) is 8.38. The molecule has 0 aliphatic carbocycles. The average Bonchev–Trinajstić information content (AvgIpc) is 2.59. The topological polar surface area (TPSA) is 46.6 Å². The van der Waals surface area contributed by atoms with Gasteiger partial charge in [-0.05, 0) is 49.6 Å². The molecule has 4 nitrogen and oxygen atoms in total. The molecule has 1 heterocycles. The smallest absolute Gasteiger partial charge is 0.218 e. The van der Waals surface area contributed by atoms with Crippen molar-refractivity contribution in [3.63, 3.8) is 0 Å². The van der Waals surface area contributed by atoms with Crippen molar-refractivity contribution in [2.75, 3.05) is 13.1 Å². The second kappa shape index (κ2) is 7.54. The molecular formula is C19H22FNO3S. The zero-order valence-electron chi connectivity index (χ0n) is 14.2. The van der Waals surface area contributed by atoms with Gasteiger partial charge in [-0.3, -0.25) is 0 Å². The number of hydrogen-bond acceptors (Lipinski definition) is 3. The third kappa shape index (κ3) is 4.80. The van der Waals surface area contributed by atoms with Crippen LogP contribution in [0.5, 0.6) is 5.75 Å². The Morgan fingerprint density at radius 3 is 2.24 bits per heavy atom. The fourth-order valence-electron chi connectivity index (χ4n) is 2.92. The molecule has 0 unspecified atom stereocenters. The van der Waals surface area contributed by atoms with Crippen LogP contribution in [0.3, 0.4) is 0 Å². The van der Waals surface area contributed by atoms with E-state index in [9.17, 15) is 12.8 Å². The molecule has 1 saturated heterocycles. The van der Waals surface area contributed by atoms with Crippen LogP contribution in [-0.2, 0) is 15.8 Å². The van der Waals surface area contributed by atoms with Crippen LogP contribution in [0.1, 0.15) is 24.0 Å². The SMILES string of the molecule is Cc1ccc(CS(=O)(=O)N2CCC(Oc3ccc(F)cc3)CC2)cc1. The highest BCUT2D eigenvalue weighted by atomic mass is 32.2. The van der Waals surface area contributed by atoms with Crippen LogP contribution < -0.4 is 4.74 Å². The molecule has 0 spiro atoms. The molecule has 1 aliphatic heterocycles. The van der Waals surface area contributed by atoms with E-state index in [0.29, 0.717) is 31.7 Å². The Labute approximate surface area is 148 Å². The molecule has 0 N–H and O–H groups in total. The molecule has 1 aliphatic rings. The molecule has 0 atom stereocenters.